The predicted molar refractivity (Wildman–Crippen MR) is 150 cm³/mol. The van der Waals surface area contributed by atoms with Crippen molar-refractivity contribution in [2.45, 2.75) is 17.4 Å². The number of sulfonamides is 1. The fourth-order valence-corrected chi connectivity index (χ4v) is 5.28. The molecule has 1 atom stereocenters. The van der Waals surface area contributed by atoms with E-state index >= 15 is 0 Å². The van der Waals surface area contributed by atoms with Gasteiger partial charge in [0, 0.05) is 23.7 Å². The molecule has 0 saturated heterocycles. The normalized spacial score (nSPS) is 15.4. The van der Waals surface area contributed by atoms with Gasteiger partial charge < -0.3 is 0 Å². The van der Waals surface area contributed by atoms with Crippen molar-refractivity contribution < 1.29 is 12.8 Å². The number of nitrogens with zero attached hydrogens (tertiary/aromatic N) is 4. The highest BCUT2D eigenvalue weighted by molar-refractivity contribution is 7.89. The third-order valence-electron chi connectivity index (χ3n) is 6.69. The number of para-hydroxylation sites is 1. The van der Waals surface area contributed by atoms with Gasteiger partial charge in [-0.3, -0.25) is 5.01 Å². The first-order valence-corrected chi connectivity index (χ1v) is 13.9. The van der Waals surface area contributed by atoms with Crippen LogP contribution in [0.1, 0.15) is 23.6 Å². The van der Waals surface area contributed by atoms with Crippen LogP contribution < -0.4 is 10.1 Å². The molecule has 0 fully saturated rings. The molecule has 0 bridgehead atoms. The molecule has 9 heteroatoms. The highest BCUT2D eigenvalue weighted by atomic mass is 32.2. The molecule has 7 nitrogen and oxygen atoms in total. The van der Waals surface area contributed by atoms with Gasteiger partial charge in [0.1, 0.15) is 5.82 Å². The molecule has 1 aromatic heterocycles. The lowest BCUT2D eigenvalue weighted by Crippen LogP contribution is -2.19. The molecule has 1 aliphatic rings. The van der Waals surface area contributed by atoms with Gasteiger partial charge in [-0.1, -0.05) is 60.7 Å². The number of hydrogen-bond donors (Lipinski definition) is 1. The van der Waals surface area contributed by atoms with Gasteiger partial charge in [0.15, 0.2) is 0 Å². The Balaban J connectivity index is 1.49. The number of nitrogens with two attached hydrogens (primary N) is 1. The Morgan fingerprint density at radius 3 is 2.05 bits per heavy atom. The van der Waals surface area contributed by atoms with E-state index in [4.69, 9.17) is 15.3 Å². The maximum absolute atomic E-state index is 13.7. The minimum atomic E-state index is -3.84. The van der Waals surface area contributed by atoms with Crippen molar-refractivity contribution in [2.75, 3.05) is 5.01 Å². The third-order valence-corrected chi connectivity index (χ3v) is 7.62. The van der Waals surface area contributed by atoms with Crippen LogP contribution in [0.25, 0.3) is 16.9 Å². The van der Waals surface area contributed by atoms with E-state index in [1.807, 2.05) is 76.6 Å². The number of rotatable bonds is 6. The van der Waals surface area contributed by atoms with Crippen molar-refractivity contribution >= 4 is 21.4 Å². The Morgan fingerprint density at radius 2 is 1.41 bits per heavy atom. The summed E-state index contributed by atoms with van der Waals surface area (Å²) in [4.78, 5) is 0.0200. The van der Waals surface area contributed by atoms with Crippen molar-refractivity contribution in [3.05, 3.63) is 132 Å². The van der Waals surface area contributed by atoms with Crippen LogP contribution in [0.5, 0.6) is 0 Å². The summed E-state index contributed by atoms with van der Waals surface area (Å²) in [6.07, 6.45) is 2.54. The molecule has 2 N–H and O–H groups in total. The second-order valence-corrected chi connectivity index (χ2v) is 10.8. The average Bonchev–Trinajstić information content (AvgIpc) is 3.59. The van der Waals surface area contributed by atoms with E-state index in [0.717, 1.165) is 33.8 Å². The highest BCUT2D eigenvalue weighted by Crippen LogP contribution is 2.41. The second-order valence-electron chi connectivity index (χ2n) is 9.24. The van der Waals surface area contributed by atoms with Crippen molar-refractivity contribution in [3.63, 3.8) is 0 Å². The summed E-state index contributed by atoms with van der Waals surface area (Å²) in [7, 11) is -3.84. The summed E-state index contributed by atoms with van der Waals surface area (Å²) < 4.78 is 39.2. The van der Waals surface area contributed by atoms with Gasteiger partial charge in [0.25, 0.3) is 0 Å². The van der Waals surface area contributed by atoms with Gasteiger partial charge in [-0.05, 0) is 54.1 Å². The maximum Gasteiger partial charge on any atom is 0.238 e. The number of hydrazone groups is 1. The quantitative estimate of drug-likeness (QED) is 0.302. The second kappa shape index (κ2) is 9.94. The van der Waals surface area contributed by atoms with Crippen molar-refractivity contribution in [1.29, 1.82) is 0 Å². The van der Waals surface area contributed by atoms with Crippen LogP contribution in [0.3, 0.4) is 0 Å². The van der Waals surface area contributed by atoms with Crippen molar-refractivity contribution in [2.24, 2.45) is 10.2 Å². The molecule has 0 aliphatic carbocycles. The molecule has 0 spiro atoms. The van der Waals surface area contributed by atoms with Crippen LogP contribution in [0, 0.1) is 5.82 Å². The Morgan fingerprint density at radius 1 is 0.769 bits per heavy atom. The van der Waals surface area contributed by atoms with E-state index in [2.05, 4.69) is 0 Å². The van der Waals surface area contributed by atoms with E-state index in [1.54, 1.807) is 24.3 Å². The summed E-state index contributed by atoms with van der Waals surface area (Å²) in [5, 5.41) is 17.1. The number of halogens is 1. The standard InChI is InChI=1S/C30H24FN5O2S/c31-23-13-11-21(12-14-23)28-19-29(36(33-28)25-15-17-26(18-16-25)39(32,37)38)27-20-35(24-9-5-2-6-10-24)34-30(27)22-7-3-1-4-8-22/h1-18,20,29H,19H2,(H2,32,37,38). The number of hydrogen-bond acceptors (Lipinski definition) is 5. The van der Waals surface area contributed by atoms with E-state index < -0.39 is 10.0 Å². The molecule has 0 saturated carbocycles. The molecular weight excluding hydrogens is 513 g/mol. The van der Waals surface area contributed by atoms with Gasteiger partial charge in [0.2, 0.25) is 10.0 Å². The molecule has 194 valence electrons. The number of aromatic nitrogens is 2. The first-order valence-electron chi connectivity index (χ1n) is 12.3. The minimum absolute atomic E-state index is 0.0200. The van der Waals surface area contributed by atoms with Crippen LogP contribution in [0.15, 0.2) is 125 Å². The first kappa shape index (κ1) is 24.7. The summed E-state index contributed by atoms with van der Waals surface area (Å²) in [5.74, 6) is -0.320. The van der Waals surface area contributed by atoms with Gasteiger partial charge in [0.05, 0.1) is 33.7 Å². The van der Waals surface area contributed by atoms with Crippen LogP contribution in [0.2, 0.25) is 0 Å². The molecule has 4 aromatic carbocycles. The lowest BCUT2D eigenvalue weighted by molar-refractivity contribution is 0.597. The fourth-order valence-electron chi connectivity index (χ4n) is 4.76. The van der Waals surface area contributed by atoms with E-state index in [0.29, 0.717) is 12.1 Å². The van der Waals surface area contributed by atoms with E-state index in [-0.39, 0.29) is 16.8 Å². The lowest BCUT2D eigenvalue weighted by atomic mass is 9.96. The highest BCUT2D eigenvalue weighted by Gasteiger charge is 2.33. The van der Waals surface area contributed by atoms with Crippen LogP contribution in [0.4, 0.5) is 10.1 Å². The molecule has 0 radical (unpaired) electrons. The molecule has 1 unspecified atom stereocenters. The van der Waals surface area contributed by atoms with Crippen molar-refractivity contribution in [3.8, 4) is 16.9 Å². The Hall–Kier alpha value is -4.60. The molecule has 2 heterocycles. The van der Waals surface area contributed by atoms with Crippen LogP contribution in [-0.4, -0.2) is 23.9 Å². The van der Waals surface area contributed by atoms with E-state index in [9.17, 15) is 12.8 Å². The SMILES string of the molecule is NS(=O)(=O)c1ccc(N2N=C(c3ccc(F)cc3)CC2c2cn(-c3ccccc3)nc2-c2ccccc2)cc1. The summed E-state index contributed by atoms with van der Waals surface area (Å²) in [6, 6.07) is 32.1. The fraction of sp³-hybridized carbons (Fsp3) is 0.0667. The number of primary sulfonamides is 1. The Kier molecular flexibility index (Phi) is 6.30. The smallest absolute Gasteiger partial charge is 0.238 e. The minimum Gasteiger partial charge on any atom is -0.257 e. The summed E-state index contributed by atoms with van der Waals surface area (Å²) >= 11 is 0. The zero-order valence-corrected chi connectivity index (χ0v) is 21.5. The maximum atomic E-state index is 13.7. The van der Waals surface area contributed by atoms with Gasteiger partial charge in [-0.2, -0.15) is 10.2 Å². The van der Waals surface area contributed by atoms with Crippen molar-refractivity contribution in [1.82, 2.24) is 9.78 Å². The summed E-state index contributed by atoms with van der Waals surface area (Å²) in [5.41, 5.74) is 5.91. The lowest BCUT2D eigenvalue weighted by Gasteiger charge is -2.24. The van der Waals surface area contributed by atoms with Gasteiger partial charge in [-0.25, -0.2) is 22.6 Å². The number of anilines is 1. The molecule has 6 rings (SSSR count). The molecule has 39 heavy (non-hydrogen) atoms. The largest absolute Gasteiger partial charge is 0.257 e. The van der Waals surface area contributed by atoms with Crippen LogP contribution >= 0.6 is 0 Å². The third kappa shape index (κ3) is 4.97. The van der Waals surface area contributed by atoms with E-state index in [1.165, 1.54) is 24.3 Å². The first-order chi connectivity index (χ1) is 18.9. The molecular formula is C30H24FN5O2S. The molecule has 1 aliphatic heterocycles. The topological polar surface area (TPSA) is 93.6 Å². The van der Waals surface area contributed by atoms with Gasteiger partial charge in [-0.15, -0.1) is 0 Å². The monoisotopic (exact) mass is 537 g/mol. The molecule has 5 aromatic rings. The van der Waals surface area contributed by atoms with Crippen LogP contribution in [-0.2, 0) is 10.0 Å². The summed E-state index contributed by atoms with van der Waals surface area (Å²) in [6.45, 7) is 0. The average molecular weight is 538 g/mol. The number of benzene rings is 4. The Bertz CT molecular complexity index is 1750. The molecule has 0 amide bonds. The predicted octanol–water partition coefficient (Wildman–Crippen LogP) is 5.68. The zero-order valence-electron chi connectivity index (χ0n) is 20.7. The van der Waals surface area contributed by atoms with Gasteiger partial charge >= 0.3 is 0 Å². The Labute approximate surface area is 225 Å². The zero-order chi connectivity index (χ0) is 27.0.